The van der Waals surface area contributed by atoms with Gasteiger partial charge in [0.2, 0.25) is 0 Å². The minimum absolute atomic E-state index is 0.581. The van der Waals surface area contributed by atoms with Crippen molar-refractivity contribution in [1.82, 2.24) is 4.98 Å². The van der Waals surface area contributed by atoms with Crippen LogP contribution in [0.1, 0.15) is 31.7 Å². The molecule has 3 heteroatoms. The van der Waals surface area contributed by atoms with Crippen LogP contribution in [0.2, 0.25) is 0 Å². The Kier molecular flexibility index (Phi) is 3.78. The van der Waals surface area contributed by atoms with E-state index in [1.165, 1.54) is 24.8 Å². The number of nitrogens with zero attached hydrogens (tertiary/aromatic N) is 2. The molecule has 0 amide bonds. The summed E-state index contributed by atoms with van der Waals surface area (Å²) in [6.07, 6.45) is 5.78. The van der Waals surface area contributed by atoms with Gasteiger partial charge >= 0.3 is 0 Å². The molecule has 1 atom stereocenters. The molecule has 88 valence electrons. The Hall–Kier alpha value is -1.09. The smallest absolute Gasteiger partial charge is 0.133 e. The van der Waals surface area contributed by atoms with Crippen LogP contribution >= 0.6 is 0 Å². The van der Waals surface area contributed by atoms with E-state index in [0.717, 1.165) is 24.8 Å². The topological polar surface area (TPSA) is 42.2 Å². The molecule has 0 aliphatic carbocycles. The molecule has 16 heavy (non-hydrogen) atoms. The maximum atomic E-state index is 5.74. The second-order valence-corrected chi connectivity index (χ2v) is 4.58. The third-order valence-corrected chi connectivity index (χ3v) is 3.37. The standard InChI is InChI=1S/C13H21N3/c1-2-4-11-6-8-16(10-11)13-12(9-14)5-3-7-15-13/h3,5,7,11H,2,4,6,8-10,14H2,1H3. The molecule has 1 unspecified atom stereocenters. The van der Waals surface area contributed by atoms with Crippen molar-refractivity contribution in [2.24, 2.45) is 11.7 Å². The predicted octanol–water partition coefficient (Wildman–Crippen LogP) is 2.17. The summed E-state index contributed by atoms with van der Waals surface area (Å²) in [6.45, 7) is 5.12. The van der Waals surface area contributed by atoms with Gasteiger partial charge in [0, 0.05) is 31.4 Å². The number of aromatic nitrogens is 1. The van der Waals surface area contributed by atoms with Gasteiger partial charge in [-0.15, -0.1) is 0 Å². The number of pyridine rings is 1. The molecule has 2 N–H and O–H groups in total. The zero-order valence-electron chi connectivity index (χ0n) is 10.0. The average Bonchev–Trinajstić information content (AvgIpc) is 2.78. The predicted molar refractivity (Wildman–Crippen MR) is 67.4 cm³/mol. The van der Waals surface area contributed by atoms with Crippen molar-refractivity contribution in [2.45, 2.75) is 32.7 Å². The number of anilines is 1. The fourth-order valence-corrected chi connectivity index (χ4v) is 2.54. The highest BCUT2D eigenvalue weighted by atomic mass is 15.2. The summed E-state index contributed by atoms with van der Waals surface area (Å²) in [7, 11) is 0. The number of nitrogens with two attached hydrogens (primary N) is 1. The van der Waals surface area contributed by atoms with Gasteiger partial charge in [0.05, 0.1) is 0 Å². The van der Waals surface area contributed by atoms with Crippen LogP contribution in [0.3, 0.4) is 0 Å². The molecule has 2 heterocycles. The highest BCUT2D eigenvalue weighted by Gasteiger charge is 2.23. The van der Waals surface area contributed by atoms with Gasteiger partial charge in [-0.3, -0.25) is 0 Å². The van der Waals surface area contributed by atoms with Gasteiger partial charge in [0.1, 0.15) is 5.82 Å². The minimum Gasteiger partial charge on any atom is -0.356 e. The van der Waals surface area contributed by atoms with Crippen LogP contribution in [-0.2, 0) is 6.54 Å². The summed E-state index contributed by atoms with van der Waals surface area (Å²) in [4.78, 5) is 6.86. The first kappa shape index (κ1) is 11.4. The Morgan fingerprint density at radius 3 is 3.19 bits per heavy atom. The maximum absolute atomic E-state index is 5.74. The number of hydrogen-bond donors (Lipinski definition) is 1. The molecule has 0 aromatic carbocycles. The average molecular weight is 219 g/mol. The number of rotatable bonds is 4. The van der Waals surface area contributed by atoms with Crippen LogP contribution in [0, 0.1) is 5.92 Å². The van der Waals surface area contributed by atoms with Crippen LogP contribution in [0.25, 0.3) is 0 Å². The van der Waals surface area contributed by atoms with E-state index in [2.05, 4.69) is 22.9 Å². The highest BCUT2D eigenvalue weighted by Crippen LogP contribution is 2.27. The normalized spacial score (nSPS) is 20.4. The molecular weight excluding hydrogens is 198 g/mol. The summed E-state index contributed by atoms with van der Waals surface area (Å²) in [5, 5.41) is 0. The van der Waals surface area contributed by atoms with E-state index < -0.39 is 0 Å². The van der Waals surface area contributed by atoms with Crippen LogP contribution in [0.15, 0.2) is 18.3 Å². The molecule has 0 bridgehead atoms. The Morgan fingerprint density at radius 1 is 1.56 bits per heavy atom. The molecule has 1 saturated heterocycles. The Bertz CT molecular complexity index is 338. The van der Waals surface area contributed by atoms with Crippen molar-refractivity contribution in [3.8, 4) is 0 Å². The van der Waals surface area contributed by atoms with Crippen molar-refractivity contribution in [3.05, 3.63) is 23.9 Å². The van der Waals surface area contributed by atoms with E-state index in [1.807, 2.05) is 12.3 Å². The van der Waals surface area contributed by atoms with Crippen molar-refractivity contribution in [3.63, 3.8) is 0 Å². The monoisotopic (exact) mass is 219 g/mol. The lowest BCUT2D eigenvalue weighted by atomic mass is 10.0. The van der Waals surface area contributed by atoms with Crippen molar-refractivity contribution < 1.29 is 0 Å². The van der Waals surface area contributed by atoms with Gasteiger partial charge in [-0.05, 0) is 24.8 Å². The quantitative estimate of drug-likeness (QED) is 0.844. The van der Waals surface area contributed by atoms with Gasteiger partial charge in [-0.25, -0.2) is 4.98 Å². The maximum Gasteiger partial charge on any atom is 0.133 e. The minimum atomic E-state index is 0.581. The Labute approximate surface area is 97.7 Å². The van der Waals surface area contributed by atoms with Gasteiger partial charge in [0.15, 0.2) is 0 Å². The Balaban J connectivity index is 2.08. The van der Waals surface area contributed by atoms with Crippen LogP contribution in [0.4, 0.5) is 5.82 Å². The molecule has 0 radical (unpaired) electrons. The van der Waals surface area contributed by atoms with E-state index in [9.17, 15) is 0 Å². The van der Waals surface area contributed by atoms with Gasteiger partial charge in [-0.2, -0.15) is 0 Å². The van der Waals surface area contributed by atoms with E-state index >= 15 is 0 Å². The molecule has 1 aromatic heterocycles. The molecular formula is C13H21N3. The molecule has 1 aliphatic rings. The van der Waals surface area contributed by atoms with E-state index in [-0.39, 0.29) is 0 Å². The molecule has 0 spiro atoms. The SMILES string of the molecule is CCCC1CCN(c2ncccc2CN)C1. The van der Waals surface area contributed by atoms with Crippen molar-refractivity contribution in [2.75, 3.05) is 18.0 Å². The fourth-order valence-electron chi connectivity index (χ4n) is 2.54. The fraction of sp³-hybridized carbons (Fsp3) is 0.615. The summed E-state index contributed by atoms with van der Waals surface area (Å²) in [5.41, 5.74) is 6.91. The Morgan fingerprint density at radius 2 is 2.44 bits per heavy atom. The zero-order valence-corrected chi connectivity index (χ0v) is 10.0. The summed E-state index contributed by atoms with van der Waals surface area (Å²) >= 11 is 0. The van der Waals surface area contributed by atoms with E-state index in [4.69, 9.17) is 5.73 Å². The second kappa shape index (κ2) is 5.30. The third-order valence-electron chi connectivity index (χ3n) is 3.37. The van der Waals surface area contributed by atoms with Gasteiger partial charge in [0.25, 0.3) is 0 Å². The van der Waals surface area contributed by atoms with Crippen molar-refractivity contribution >= 4 is 5.82 Å². The molecule has 2 rings (SSSR count). The second-order valence-electron chi connectivity index (χ2n) is 4.58. The number of hydrogen-bond acceptors (Lipinski definition) is 3. The lowest BCUT2D eigenvalue weighted by molar-refractivity contribution is 0.529. The molecule has 1 fully saturated rings. The van der Waals surface area contributed by atoms with Crippen LogP contribution in [-0.4, -0.2) is 18.1 Å². The third kappa shape index (κ3) is 2.35. The van der Waals surface area contributed by atoms with Gasteiger partial charge < -0.3 is 10.6 Å². The summed E-state index contributed by atoms with van der Waals surface area (Å²) < 4.78 is 0. The summed E-state index contributed by atoms with van der Waals surface area (Å²) in [6, 6.07) is 4.04. The van der Waals surface area contributed by atoms with Crippen LogP contribution < -0.4 is 10.6 Å². The highest BCUT2D eigenvalue weighted by molar-refractivity contribution is 5.47. The first-order valence-electron chi connectivity index (χ1n) is 6.24. The lowest BCUT2D eigenvalue weighted by Gasteiger charge is -2.20. The molecule has 0 saturated carbocycles. The van der Waals surface area contributed by atoms with E-state index in [0.29, 0.717) is 6.54 Å². The van der Waals surface area contributed by atoms with E-state index in [1.54, 1.807) is 0 Å². The van der Waals surface area contributed by atoms with Crippen molar-refractivity contribution in [1.29, 1.82) is 0 Å². The molecule has 3 nitrogen and oxygen atoms in total. The van der Waals surface area contributed by atoms with Gasteiger partial charge in [-0.1, -0.05) is 19.4 Å². The molecule has 1 aliphatic heterocycles. The summed E-state index contributed by atoms with van der Waals surface area (Å²) in [5.74, 6) is 1.95. The lowest BCUT2D eigenvalue weighted by Crippen LogP contribution is -2.22. The first-order valence-corrected chi connectivity index (χ1v) is 6.24. The largest absolute Gasteiger partial charge is 0.356 e. The molecule has 1 aromatic rings. The first-order chi connectivity index (χ1) is 7.85. The zero-order chi connectivity index (χ0) is 11.4. The van der Waals surface area contributed by atoms with Crippen LogP contribution in [0.5, 0.6) is 0 Å².